The molecule has 0 unspecified atom stereocenters. The Morgan fingerprint density at radius 3 is 3.06 bits per heavy atom. The average Bonchev–Trinajstić information content (AvgIpc) is 2.61. The molecule has 1 aliphatic heterocycles. The van der Waals surface area contributed by atoms with E-state index in [1.165, 1.54) is 0 Å². The van der Waals surface area contributed by atoms with Crippen molar-refractivity contribution in [1.82, 2.24) is 0 Å². The number of hydrogen-bond donors (Lipinski definition) is 1. The summed E-state index contributed by atoms with van der Waals surface area (Å²) < 4.78 is 5.43. The van der Waals surface area contributed by atoms with Gasteiger partial charge in [0.1, 0.15) is 0 Å². The first-order valence-electron chi connectivity index (χ1n) is 5.89. The van der Waals surface area contributed by atoms with Crippen LogP contribution in [0.15, 0.2) is 18.2 Å². The Bertz CT molecular complexity index is 417. The Hall–Kier alpha value is -1.73. The van der Waals surface area contributed by atoms with Gasteiger partial charge >= 0.3 is 0 Å². The molecule has 17 heavy (non-hydrogen) atoms. The molecule has 0 spiro atoms. The molecule has 1 fully saturated rings. The molecule has 0 atom stereocenters. The zero-order valence-electron chi connectivity index (χ0n) is 9.85. The summed E-state index contributed by atoms with van der Waals surface area (Å²) in [6.45, 7) is 3.49. The van der Waals surface area contributed by atoms with E-state index in [-0.39, 0.29) is 0 Å². The minimum absolute atomic E-state index is 0.365. The number of rotatable bonds is 2. The Balaban J connectivity index is 2.19. The van der Waals surface area contributed by atoms with Crippen molar-refractivity contribution in [2.75, 3.05) is 36.9 Å². The van der Waals surface area contributed by atoms with Crippen molar-refractivity contribution in [3.63, 3.8) is 0 Å². The van der Waals surface area contributed by atoms with Crippen LogP contribution in [0.5, 0.6) is 0 Å². The van der Waals surface area contributed by atoms with Crippen molar-refractivity contribution in [3.8, 4) is 6.07 Å². The molecule has 1 aromatic carbocycles. The molecule has 0 amide bonds. The monoisotopic (exact) mass is 231 g/mol. The lowest BCUT2D eigenvalue weighted by atomic mass is 10.1. The second kappa shape index (κ2) is 5.55. The highest BCUT2D eigenvalue weighted by atomic mass is 16.5. The van der Waals surface area contributed by atoms with Gasteiger partial charge < -0.3 is 15.4 Å². The molecular weight excluding hydrogens is 214 g/mol. The van der Waals surface area contributed by atoms with Crippen LogP contribution in [0.3, 0.4) is 0 Å². The minimum atomic E-state index is 0.365. The molecule has 0 aliphatic carbocycles. The maximum atomic E-state index is 8.75. The summed E-state index contributed by atoms with van der Waals surface area (Å²) in [4.78, 5) is 2.29. The molecule has 1 heterocycles. The van der Waals surface area contributed by atoms with Crippen molar-refractivity contribution < 1.29 is 4.74 Å². The third kappa shape index (κ3) is 2.89. The average molecular weight is 231 g/mol. The van der Waals surface area contributed by atoms with E-state index in [4.69, 9.17) is 15.7 Å². The van der Waals surface area contributed by atoms with Gasteiger partial charge in [-0.2, -0.15) is 5.26 Å². The quantitative estimate of drug-likeness (QED) is 0.785. The van der Waals surface area contributed by atoms with E-state index in [1.807, 2.05) is 18.2 Å². The molecule has 2 rings (SSSR count). The van der Waals surface area contributed by atoms with Crippen LogP contribution in [0.4, 0.5) is 11.4 Å². The van der Waals surface area contributed by atoms with E-state index in [1.54, 1.807) is 0 Å². The van der Waals surface area contributed by atoms with Crippen LogP contribution >= 0.6 is 0 Å². The predicted octanol–water partition coefficient (Wildman–Crippen LogP) is 1.56. The Morgan fingerprint density at radius 2 is 2.24 bits per heavy atom. The Morgan fingerprint density at radius 1 is 1.35 bits per heavy atom. The molecule has 4 heteroatoms. The van der Waals surface area contributed by atoms with Crippen molar-refractivity contribution in [2.45, 2.75) is 12.8 Å². The number of nitrogens with zero attached hydrogens (tertiary/aromatic N) is 2. The normalized spacial score (nSPS) is 16.3. The maximum absolute atomic E-state index is 8.75. The fraction of sp³-hybridized carbons (Fsp3) is 0.462. The third-order valence-corrected chi connectivity index (χ3v) is 2.98. The van der Waals surface area contributed by atoms with Crippen molar-refractivity contribution in [1.29, 1.82) is 5.26 Å². The molecule has 1 saturated heterocycles. The van der Waals surface area contributed by atoms with Gasteiger partial charge in [-0.05, 0) is 30.2 Å². The van der Waals surface area contributed by atoms with Gasteiger partial charge in [-0.1, -0.05) is 0 Å². The number of ether oxygens (including phenoxy) is 1. The largest absolute Gasteiger partial charge is 0.398 e. The van der Waals surface area contributed by atoms with Gasteiger partial charge in [0.25, 0.3) is 0 Å². The molecule has 0 bridgehead atoms. The smallest absolute Gasteiger partial charge is 0.0670 e. The topological polar surface area (TPSA) is 62.3 Å². The molecule has 1 aromatic rings. The highest BCUT2D eigenvalue weighted by Crippen LogP contribution is 2.22. The second-order valence-corrected chi connectivity index (χ2v) is 4.17. The summed E-state index contributed by atoms with van der Waals surface area (Å²) in [5.41, 5.74) is 8.58. The third-order valence-electron chi connectivity index (χ3n) is 2.98. The van der Waals surface area contributed by atoms with Crippen LogP contribution in [0, 0.1) is 11.3 Å². The summed E-state index contributed by atoms with van der Waals surface area (Å²) in [5, 5.41) is 8.75. The van der Waals surface area contributed by atoms with Crippen molar-refractivity contribution in [3.05, 3.63) is 23.8 Å². The molecule has 4 nitrogen and oxygen atoms in total. The van der Waals surface area contributed by atoms with Crippen LogP contribution in [0.1, 0.15) is 12.0 Å². The molecule has 2 N–H and O–H groups in total. The summed E-state index contributed by atoms with van der Waals surface area (Å²) >= 11 is 0. The first-order valence-corrected chi connectivity index (χ1v) is 5.89. The van der Waals surface area contributed by atoms with E-state index < -0.39 is 0 Å². The van der Waals surface area contributed by atoms with Gasteiger partial charge in [-0.25, -0.2) is 0 Å². The van der Waals surface area contributed by atoms with Gasteiger partial charge in [-0.3, -0.25) is 0 Å². The minimum Gasteiger partial charge on any atom is -0.398 e. The lowest BCUT2D eigenvalue weighted by Crippen LogP contribution is -2.25. The van der Waals surface area contributed by atoms with Crippen molar-refractivity contribution in [2.24, 2.45) is 0 Å². The van der Waals surface area contributed by atoms with E-state index in [2.05, 4.69) is 11.0 Å². The zero-order valence-corrected chi connectivity index (χ0v) is 9.85. The maximum Gasteiger partial charge on any atom is 0.0670 e. The van der Waals surface area contributed by atoms with Crippen LogP contribution in [0.25, 0.3) is 0 Å². The fourth-order valence-corrected chi connectivity index (χ4v) is 2.03. The molecule has 90 valence electrons. The first-order chi connectivity index (χ1) is 8.31. The summed E-state index contributed by atoms with van der Waals surface area (Å²) in [6.07, 6.45) is 1.40. The summed E-state index contributed by atoms with van der Waals surface area (Å²) in [7, 11) is 0. The fourth-order valence-electron chi connectivity index (χ4n) is 2.03. The standard InChI is InChI=1S/C13H17N3O/c14-5-4-11-10-12(2-3-13(11)15)16-6-1-8-17-9-7-16/h2-3,10H,1,4,6-9,15H2. The van der Waals surface area contributed by atoms with E-state index in [9.17, 15) is 0 Å². The van der Waals surface area contributed by atoms with Gasteiger partial charge in [0.15, 0.2) is 0 Å². The molecular formula is C13H17N3O. The molecule has 1 aliphatic rings. The number of benzene rings is 1. The zero-order chi connectivity index (χ0) is 12.1. The number of hydrogen-bond acceptors (Lipinski definition) is 4. The van der Waals surface area contributed by atoms with E-state index in [0.717, 1.165) is 44.0 Å². The van der Waals surface area contributed by atoms with Gasteiger partial charge in [-0.15, -0.1) is 0 Å². The van der Waals surface area contributed by atoms with Gasteiger partial charge in [0, 0.05) is 31.1 Å². The number of anilines is 2. The van der Waals surface area contributed by atoms with Crippen molar-refractivity contribution >= 4 is 11.4 Å². The number of nitrogen functional groups attached to an aromatic ring is 1. The Labute approximate surface area is 102 Å². The van der Waals surface area contributed by atoms with Gasteiger partial charge in [0.05, 0.1) is 19.1 Å². The molecule has 0 radical (unpaired) electrons. The lowest BCUT2D eigenvalue weighted by Gasteiger charge is -2.22. The first kappa shape index (κ1) is 11.7. The summed E-state index contributed by atoms with van der Waals surface area (Å²) in [5.74, 6) is 0. The van der Waals surface area contributed by atoms with E-state index >= 15 is 0 Å². The predicted molar refractivity (Wildman–Crippen MR) is 67.8 cm³/mol. The summed E-state index contributed by atoms with van der Waals surface area (Å²) in [6, 6.07) is 8.06. The second-order valence-electron chi connectivity index (χ2n) is 4.17. The molecule has 0 aromatic heterocycles. The van der Waals surface area contributed by atoms with Gasteiger partial charge in [0.2, 0.25) is 0 Å². The highest BCUT2D eigenvalue weighted by molar-refractivity contribution is 5.59. The van der Waals surface area contributed by atoms with Crippen LogP contribution in [-0.2, 0) is 11.2 Å². The van der Waals surface area contributed by atoms with Crippen LogP contribution in [0.2, 0.25) is 0 Å². The number of nitriles is 1. The van der Waals surface area contributed by atoms with Crippen LogP contribution < -0.4 is 10.6 Å². The molecule has 0 saturated carbocycles. The highest BCUT2D eigenvalue weighted by Gasteiger charge is 2.11. The SMILES string of the molecule is N#CCc1cc(N2CCCOCC2)ccc1N. The van der Waals surface area contributed by atoms with Crippen LogP contribution in [-0.4, -0.2) is 26.3 Å². The van der Waals surface area contributed by atoms with E-state index in [0.29, 0.717) is 12.1 Å². The lowest BCUT2D eigenvalue weighted by molar-refractivity contribution is 0.152. The Kier molecular flexibility index (Phi) is 3.84. The number of nitrogens with two attached hydrogens (primary N) is 1.